The summed E-state index contributed by atoms with van der Waals surface area (Å²) in [6.07, 6.45) is 1.17. The number of rotatable bonds is 2. The third-order valence-electron chi connectivity index (χ3n) is 3.59. The van der Waals surface area contributed by atoms with Crippen molar-refractivity contribution in [3.05, 3.63) is 63.6 Å². The Morgan fingerprint density at radius 1 is 1.17 bits per heavy atom. The van der Waals surface area contributed by atoms with Gasteiger partial charge >= 0.3 is 0 Å². The molecule has 1 heterocycles. The van der Waals surface area contributed by atoms with E-state index in [1.807, 2.05) is 0 Å². The van der Waals surface area contributed by atoms with Gasteiger partial charge in [0.05, 0.1) is 0 Å². The van der Waals surface area contributed by atoms with Crippen LogP contribution in [0.5, 0.6) is 0 Å². The Bertz CT molecular complexity index is 577. The van der Waals surface area contributed by atoms with Gasteiger partial charge in [-0.15, -0.1) is 0 Å². The van der Waals surface area contributed by atoms with Gasteiger partial charge in [-0.25, -0.2) is 0 Å². The maximum Gasteiger partial charge on any atom is 0.0430 e. The molecule has 0 spiro atoms. The first-order chi connectivity index (χ1) is 8.74. The van der Waals surface area contributed by atoms with Crippen LogP contribution >= 0.6 is 15.9 Å². The van der Waals surface area contributed by atoms with Crippen LogP contribution in [-0.2, 0) is 13.0 Å². The van der Waals surface area contributed by atoms with E-state index in [1.54, 1.807) is 0 Å². The van der Waals surface area contributed by atoms with Gasteiger partial charge in [0.25, 0.3) is 0 Å². The molecule has 0 radical (unpaired) electrons. The van der Waals surface area contributed by atoms with E-state index in [4.69, 9.17) is 0 Å². The highest BCUT2D eigenvalue weighted by Gasteiger charge is 2.18. The highest BCUT2D eigenvalue weighted by atomic mass is 79.9. The smallest absolute Gasteiger partial charge is 0.0430 e. The highest BCUT2D eigenvalue weighted by Crippen LogP contribution is 2.29. The molecule has 0 saturated heterocycles. The van der Waals surface area contributed by atoms with Gasteiger partial charge in [0, 0.05) is 23.2 Å². The lowest BCUT2D eigenvalue weighted by molar-refractivity contribution is 0.835. The van der Waals surface area contributed by atoms with Crippen molar-refractivity contribution in [3.63, 3.8) is 0 Å². The van der Waals surface area contributed by atoms with Crippen molar-refractivity contribution in [2.24, 2.45) is 0 Å². The van der Waals surface area contributed by atoms with E-state index >= 15 is 0 Å². The summed E-state index contributed by atoms with van der Waals surface area (Å²) in [7, 11) is 0. The Balaban J connectivity index is 1.84. The molecule has 2 aromatic rings. The zero-order chi connectivity index (χ0) is 12.5. The van der Waals surface area contributed by atoms with Crippen molar-refractivity contribution in [2.75, 3.05) is 11.4 Å². The van der Waals surface area contributed by atoms with Crippen LogP contribution in [0.25, 0.3) is 0 Å². The molecule has 0 aromatic heterocycles. The van der Waals surface area contributed by atoms with Gasteiger partial charge in [-0.1, -0.05) is 46.3 Å². The monoisotopic (exact) mass is 301 g/mol. The van der Waals surface area contributed by atoms with Crippen molar-refractivity contribution >= 4 is 21.6 Å². The summed E-state index contributed by atoms with van der Waals surface area (Å²) in [5.41, 5.74) is 5.53. The fraction of sp³-hybridized carbons (Fsp3) is 0.250. The molecule has 92 valence electrons. The Morgan fingerprint density at radius 3 is 2.83 bits per heavy atom. The van der Waals surface area contributed by atoms with Crippen molar-refractivity contribution in [3.8, 4) is 0 Å². The number of hydrogen-bond acceptors (Lipinski definition) is 1. The predicted octanol–water partition coefficient (Wildman–Crippen LogP) is 4.32. The molecule has 2 heteroatoms. The Hall–Kier alpha value is -1.28. The molecule has 0 amide bonds. The fourth-order valence-corrected chi connectivity index (χ4v) is 2.95. The Kier molecular flexibility index (Phi) is 3.13. The van der Waals surface area contributed by atoms with Gasteiger partial charge < -0.3 is 4.90 Å². The van der Waals surface area contributed by atoms with Crippen LogP contribution in [0.2, 0.25) is 0 Å². The SMILES string of the molecule is Cc1ccc(CN2CCc3ccccc32)cc1Br. The van der Waals surface area contributed by atoms with Crippen molar-refractivity contribution < 1.29 is 0 Å². The summed E-state index contributed by atoms with van der Waals surface area (Å²) in [5.74, 6) is 0. The molecular weight excluding hydrogens is 286 g/mol. The first-order valence-electron chi connectivity index (χ1n) is 6.32. The summed E-state index contributed by atoms with van der Waals surface area (Å²) in [6.45, 7) is 4.25. The van der Waals surface area contributed by atoms with Crippen LogP contribution in [0, 0.1) is 6.92 Å². The fourth-order valence-electron chi connectivity index (χ4n) is 2.53. The molecule has 0 unspecified atom stereocenters. The molecule has 2 aromatic carbocycles. The number of hydrogen-bond donors (Lipinski definition) is 0. The summed E-state index contributed by atoms with van der Waals surface area (Å²) >= 11 is 3.61. The topological polar surface area (TPSA) is 3.24 Å². The molecule has 1 aliphatic rings. The number of para-hydroxylation sites is 1. The minimum absolute atomic E-state index is 0.996. The second-order valence-electron chi connectivity index (χ2n) is 4.88. The minimum atomic E-state index is 0.996. The molecule has 18 heavy (non-hydrogen) atoms. The molecule has 0 N–H and O–H groups in total. The van der Waals surface area contributed by atoms with E-state index in [9.17, 15) is 0 Å². The average Bonchev–Trinajstić information content (AvgIpc) is 2.78. The number of halogens is 1. The highest BCUT2D eigenvalue weighted by molar-refractivity contribution is 9.10. The first kappa shape index (κ1) is 11.8. The maximum atomic E-state index is 3.61. The third kappa shape index (κ3) is 2.17. The first-order valence-corrected chi connectivity index (χ1v) is 7.11. The maximum absolute atomic E-state index is 3.61. The van der Waals surface area contributed by atoms with Crippen LogP contribution in [0.15, 0.2) is 46.9 Å². The van der Waals surface area contributed by atoms with Crippen LogP contribution in [0.1, 0.15) is 16.7 Å². The number of fused-ring (bicyclic) bond motifs is 1. The second-order valence-corrected chi connectivity index (χ2v) is 5.74. The van der Waals surface area contributed by atoms with Crippen LogP contribution in [0.4, 0.5) is 5.69 Å². The molecule has 0 aliphatic carbocycles. The standard InChI is InChI=1S/C16H16BrN/c1-12-6-7-13(10-15(12)17)11-18-9-8-14-4-2-3-5-16(14)18/h2-7,10H,8-9,11H2,1H3. The van der Waals surface area contributed by atoms with E-state index in [0.29, 0.717) is 0 Å². The number of benzene rings is 2. The Labute approximate surface area is 117 Å². The Morgan fingerprint density at radius 2 is 2.00 bits per heavy atom. The van der Waals surface area contributed by atoms with Crippen molar-refractivity contribution in [2.45, 2.75) is 19.9 Å². The van der Waals surface area contributed by atoms with Crippen molar-refractivity contribution in [1.82, 2.24) is 0 Å². The predicted molar refractivity (Wildman–Crippen MR) is 80.1 cm³/mol. The summed E-state index contributed by atoms with van der Waals surface area (Å²) in [6, 6.07) is 15.4. The normalized spacial score (nSPS) is 13.8. The number of nitrogens with zero attached hydrogens (tertiary/aromatic N) is 1. The van der Waals surface area contributed by atoms with Gasteiger partial charge in [0.2, 0.25) is 0 Å². The van der Waals surface area contributed by atoms with Gasteiger partial charge in [0.15, 0.2) is 0 Å². The summed E-state index contributed by atoms with van der Waals surface area (Å²) in [4.78, 5) is 2.46. The number of aryl methyl sites for hydroxylation is 1. The van der Waals surface area contributed by atoms with E-state index < -0.39 is 0 Å². The molecule has 0 saturated carbocycles. The van der Waals surface area contributed by atoms with Gasteiger partial charge in [-0.2, -0.15) is 0 Å². The lowest BCUT2D eigenvalue weighted by Crippen LogP contribution is -2.19. The third-order valence-corrected chi connectivity index (χ3v) is 4.45. The molecule has 3 rings (SSSR count). The van der Waals surface area contributed by atoms with Gasteiger partial charge in [0.1, 0.15) is 0 Å². The van der Waals surface area contributed by atoms with E-state index in [-0.39, 0.29) is 0 Å². The molecule has 0 bridgehead atoms. The lowest BCUT2D eigenvalue weighted by atomic mass is 10.1. The zero-order valence-electron chi connectivity index (χ0n) is 10.5. The summed E-state index contributed by atoms with van der Waals surface area (Å²) in [5, 5.41) is 0. The van der Waals surface area contributed by atoms with E-state index in [0.717, 1.165) is 13.1 Å². The van der Waals surface area contributed by atoms with Crippen LogP contribution in [0.3, 0.4) is 0 Å². The molecule has 0 atom stereocenters. The zero-order valence-corrected chi connectivity index (χ0v) is 12.1. The quantitative estimate of drug-likeness (QED) is 0.798. The molecule has 1 aliphatic heterocycles. The number of anilines is 1. The molecule has 1 nitrogen and oxygen atoms in total. The second kappa shape index (κ2) is 4.77. The van der Waals surface area contributed by atoms with Crippen LogP contribution < -0.4 is 4.90 Å². The average molecular weight is 302 g/mol. The van der Waals surface area contributed by atoms with E-state index in [1.165, 1.54) is 33.3 Å². The largest absolute Gasteiger partial charge is 0.367 e. The molecule has 0 fully saturated rings. The molecular formula is C16H16BrN. The van der Waals surface area contributed by atoms with E-state index in [2.05, 4.69) is 70.2 Å². The lowest BCUT2D eigenvalue weighted by Gasteiger charge is -2.19. The van der Waals surface area contributed by atoms with Crippen LogP contribution in [-0.4, -0.2) is 6.54 Å². The van der Waals surface area contributed by atoms with Gasteiger partial charge in [-0.3, -0.25) is 0 Å². The van der Waals surface area contributed by atoms with Crippen molar-refractivity contribution in [1.29, 1.82) is 0 Å². The minimum Gasteiger partial charge on any atom is -0.367 e. The van der Waals surface area contributed by atoms with Gasteiger partial charge in [-0.05, 0) is 42.2 Å². The summed E-state index contributed by atoms with van der Waals surface area (Å²) < 4.78 is 1.20.